The average molecular weight is 495 g/mol. The topological polar surface area (TPSA) is 87.2 Å². The van der Waals surface area contributed by atoms with Crippen LogP contribution in [0.2, 0.25) is 0 Å². The van der Waals surface area contributed by atoms with Gasteiger partial charge in [-0.1, -0.05) is 12.1 Å². The number of piperazine rings is 1. The quantitative estimate of drug-likeness (QED) is 0.360. The third-order valence-corrected chi connectivity index (χ3v) is 6.79. The number of nitrogens with two attached hydrogens (primary N) is 1. The zero-order valence-corrected chi connectivity index (χ0v) is 20.9. The first kappa shape index (κ1) is 24.7. The maximum atomic E-state index is 15.4. The fourth-order valence-corrected chi connectivity index (χ4v) is 4.82. The second-order valence-corrected chi connectivity index (χ2v) is 9.49. The van der Waals surface area contributed by atoms with E-state index in [2.05, 4.69) is 50.3 Å². The Bertz CT molecular complexity index is 1140. The van der Waals surface area contributed by atoms with Crippen molar-refractivity contribution in [1.29, 1.82) is 5.26 Å². The molecule has 10 heteroatoms. The van der Waals surface area contributed by atoms with Crippen LogP contribution in [0.15, 0.2) is 41.5 Å². The van der Waals surface area contributed by atoms with Crippen molar-refractivity contribution in [3.05, 3.63) is 53.3 Å². The van der Waals surface area contributed by atoms with Crippen molar-refractivity contribution in [3.8, 4) is 6.07 Å². The normalized spacial score (nSPS) is 18.4. The lowest BCUT2D eigenvalue weighted by atomic mass is 10.1. The molecule has 0 unspecified atom stereocenters. The molecule has 4 rings (SSSR count). The number of hydrazone groups is 1. The summed E-state index contributed by atoms with van der Waals surface area (Å²) >= 11 is 4.82. The molecule has 2 saturated heterocycles. The van der Waals surface area contributed by atoms with E-state index in [1.54, 1.807) is 6.21 Å². The molecule has 2 fully saturated rings. The predicted molar refractivity (Wildman–Crippen MR) is 144 cm³/mol. The van der Waals surface area contributed by atoms with Crippen LogP contribution < -0.4 is 25.9 Å². The van der Waals surface area contributed by atoms with E-state index in [-0.39, 0.29) is 10.9 Å². The number of rotatable bonds is 6. The number of anilines is 3. The summed E-state index contributed by atoms with van der Waals surface area (Å²) in [4.78, 5) is 8.79. The van der Waals surface area contributed by atoms with Gasteiger partial charge in [0.25, 0.3) is 0 Å². The van der Waals surface area contributed by atoms with Crippen molar-refractivity contribution in [2.75, 3.05) is 68.1 Å². The summed E-state index contributed by atoms with van der Waals surface area (Å²) in [6.45, 7) is 4.48. The smallest absolute Gasteiger partial charge is 0.184 e. The molecule has 8 nitrogen and oxygen atoms in total. The monoisotopic (exact) mass is 494 g/mol. The number of nitrogens with zero attached hydrogens (tertiary/aromatic N) is 6. The third kappa shape index (κ3) is 5.63. The molecule has 0 spiro atoms. The SMILES string of the molecule is CN(C)[C@@H]1CCN(c2cc(N3CCN(c4ccccc4C#N)CC3)c(F)cc2/C=N/NC(N)=S)C1. The fraction of sp³-hybridized carbons (Fsp3) is 0.400. The second-order valence-electron chi connectivity index (χ2n) is 9.05. The van der Waals surface area contributed by atoms with Crippen LogP contribution >= 0.6 is 12.2 Å². The summed E-state index contributed by atoms with van der Waals surface area (Å²) < 4.78 is 15.4. The molecular weight excluding hydrogens is 463 g/mol. The molecule has 35 heavy (non-hydrogen) atoms. The number of hydrogen-bond donors (Lipinski definition) is 2. The van der Waals surface area contributed by atoms with Crippen LogP contribution in [0.1, 0.15) is 17.5 Å². The number of thiocarbonyl (C=S) groups is 1. The molecular formula is C25H31FN8S. The Morgan fingerprint density at radius 2 is 1.80 bits per heavy atom. The van der Waals surface area contributed by atoms with Crippen molar-refractivity contribution in [3.63, 3.8) is 0 Å². The van der Waals surface area contributed by atoms with Crippen LogP contribution in [-0.2, 0) is 0 Å². The van der Waals surface area contributed by atoms with Crippen LogP contribution in [0.25, 0.3) is 0 Å². The molecule has 2 aromatic rings. The number of likely N-dealkylation sites (N-methyl/N-ethyl adjacent to an activating group) is 1. The largest absolute Gasteiger partial charge is 0.375 e. The van der Waals surface area contributed by atoms with E-state index in [9.17, 15) is 5.26 Å². The van der Waals surface area contributed by atoms with Crippen molar-refractivity contribution >= 4 is 40.6 Å². The highest BCUT2D eigenvalue weighted by atomic mass is 32.1. The molecule has 2 aliphatic rings. The summed E-state index contributed by atoms with van der Waals surface area (Å²) in [5, 5.41) is 13.6. The Morgan fingerprint density at radius 3 is 2.43 bits per heavy atom. The number of hydrogen-bond acceptors (Lipinski definition) is 7. The highest BCUT2D eigenvalue weighted by Gasteiger charge is 2.28. The van der Waals surface area contributed by atoms with Gasteiger partial charge in [-0.25, -0.2) is 4.39 Å². The number of halogens is 1. The molecule has 184 valence electrons. The Hall–Kier alpha value is -3.42. The summed E-state index contributed by atoms with van der Waals surface area (Å²) in [5.74, 6) is -0.292. The molecule has 0 aromatic heterocycles. The van der Waals surface area contributed by atoms with Gasteiger partial charge in [-0.3, -0.25) is 5.43 Å². The van der Waals surface area contributed by atoms with Gasteiger partial charge in [0.05, 0.1) is 23.2 Å². The number of nitriles is 1. The minimum atomic E-state index is -0.292. The maximum absolute atomic E-state index is 15.4. The Morgan fingerprint density at radius 1 is 1.11 bits per heavy atom. The number of nitrogens with one attached hydrogen (secondary N) is 1. The molecule has 0 saturated carbocycles. The van der Waals surface area contributed by atoms with E-state index in [1.165, 1.54) is 6.07 Å². The molecule has 2 heterocycles. The van der Waals surface area contributed by atoms with Crippen LogP contribution in [0.3, 0.4) is 0 Å². The lowest BCUT2D eigenvalue weighted by Crippen LogP contribution is -2.47. The van der Waals surface area contributed by atoms with Crippen LogP contribution in [0.4, 0.5) is 21.5 Å². The Labute approximate surface area is 211 Å². The highest BCUT2D eigenvalue weighted by molar-refractivity contribution is 7.80. The van der Waals surface area contributed by atoms with Gasteiger partial charge in [0, 0.05) is 56.6 Å². The van der Waals surface area contributed by atoms with Gasteiger partial charge in [0.1, 0.15) is 11.9 Å². The van der Waals surface area contributed by atoms with E-state index in [1.807, 2.05) is 30.3 Å². The Kier molecular flexibility index (Phi) is 7.68. The van der Waals surface area contributed by atoms with Gasteiger partial charge in [-0.15, -0.1) is 0 Å². The molecule has 0 radical (unpaired) electrons. The number of benzene rings is 2. The molecule has 0 bridgehead atoms. The summed E-state index contributed by atoms with van der Waals surface area (Å²) in [6.07, 6.45) is 2.61. The number of para-hydroxylation sites is 1. The molecule has 3 N–H and O–H groups in total. The molecule has 1 atom stereocenters. The van der Waals surface area contributed by atoms with Gasteiger partial charge in [-0.05, 0) is 57.0 Å². The predicted octanol–water partition coefficient (Wildman–Crippen LogP) is 2.33. The van der Waals surface area contributed by atoms with Gasteiger partial charge in [0.2, 0.25) is 0 Å². The fourth-order valence-electron chi connectivity index (χ4n) is 4.77. The second kappa shape index (κ2) is 10.9. The minimum absolute atomic E-state index is 0.0598. The first-order chi connectivity index (χ1) is 16.9. The zero-order chi connectivity index (χ0) is 24.9. The van der Waals surface area contributed by atoms with Crippen molar-refractivity contribution in [1.82, 2.24) is 10.3 Å². The summed E-state index contributed by atoms with van der Waals surface area (Å²) in [7, 11) is 4.17. The zero-order valence-electron chi connectivity index (χ0n) is 20.1. The molecule has 0 amide bonds. The lowest BCUT2D eigenvalue weighted by Gasteiger charge is -2.38. The third-order valence-electron chi connectivity index (χ3n) is 6.69. The van der Waals surface area contributed by atoms with Crippen molar-refractivity contribution in [2.24, 2.45) is 10.8 Å². The molecule has 2 aromatic carbocycles. The van der Waals surface area contributed by atoms with Crippen LogP contribution in [0, 0.1) is 17.1 Å². The van der Waals surface area contributed by atoms with Crippen molar-refractivity contribution in [2.45, 2.75) is 12.5 Å². The van der Waals surface area contributed by atoms with Crippen LogP contribution in [0.5, 0.6) is 0 Å². The standard InChI is InChI=1S/C25H31FN8S/c1-31(2)20-7-8-34(17-20)23-14-24(21(26)13-19(23)16-29-30-25(28)35)33-11-9-32(10-12-33)22-6-4-3-5-18(22)15-27/h3-6,13-14,16,20H,7-12,17H2,1-2H3,(H3,28,30,35)/b29-16+/t20-/m1/s1. The van der Waals surface area contributed by atoms with Gasteiger partial charge in [-0.2, -0.15) is 10.4 Å². The molecule has 2 aliphatic heterocycles. The maximum Gasteiger partial charge on any atom is 0.184 e. The minimum Gasteiger partial charge on any atom is -0.375 e. The van der Waals surface area contributed by atoms with E-state index in [0.29, 0.717) is 49.0 Å². The van der Waals surface area contributed by atoms with E-state index >= 15 is 4.39 Å². The lowest BCUT2D eigenvalue weighted by molar-refractivity contribution is 0.315. The summed E-state index contributed by atoms with van der Waals surface area (Å²) in [5.41, 5.74) is 11.8. The first-order valence-corrected chi connectivity index (χ1v) is 12.1. The van der Waals surface area contributed by atoms with Crippen molar-refractivity contribution < 1.29 is 4.39 Å². The highest BCUT2D eigenvalue weighted by Crippen LogP contribution is 2.33. The van der Waals surface area contributed by atoms with Gasteiger partial charge >= 0.3 is 0 Å². The summed E-state index contributed by atoms with van der Waals surface area (Å²) in [6, 6.07) is 13.8. The van der Waals surface area contributed by atoms with E-state index < -0.39 is 0 Å². The van der Waals surface area contributed by atoms with E-state index in [0.717, 1.165) is 30.9 Å². The Balaban J connectivity index is 1.58. The van der Waals surface area contributed by atoms with E-state index in [4.69, 9.17) is 18.0 Å². The first-order valence-electron chi connectivity index (χ1n) is 11.7. The van der Waals surface area contributed by atoms with Crippen LogP contribution in [-0.4, -0.2) is 75.6 Å². The van der Waals surface area contributed by atoms with Gasteiger partial charge < -0.3 is 25.3 Å². The average Bonchev–Trinajstić information content (AvgIpc) is 3.35. The molecule has 0 aliphatic carbocycles. The van der Waals surface area contributed by atoms with Gasteiger partial charge in [0.15, 0.2) is 5.11 Å².